The number of unbranched alkanes of at least 4 members (excludes halogenated alkanes) is 4. The molecule has 1 heteroatoms. The lowest BCUT2D eigenvalue weighted by Gasteiger charge is -2.01. The zero-order chi connectivity index (χ0) is 10.2. The minimum absolute atomic E-state index is 1.20. The van der Waals surface area contributed by atoms with Crippen LogP contribution >= 0.6 is 11.3 Å². The third-order valence-electron chi connectivity index (χ3n) is 2.76. The van der Waals surface area contributed by atoms with E-state index in [-0.39, 0.29) is 0 Å². The molecular formula is C13H22S. The van der Waals surface area contributed by atoms with Crippen molar-refractivity contribution in [1.82, 2.24) is 0 Å². The van der Waals surface area contributed by atoms with Crippen molar-refractivity contribution >= 4 is 11.3 Å². The highest BCUT2D eigenvalue weighted by atomic mass is 32.1. The molecule has 0 amide bonds. The molecule has 80 valence electrons. The first-order valence-corrected chi connectivity index (χ1v) is 6.86. The summed E-state index contributed by atoms with van der Waals surface area (Å²) in [6.07, 6.45) is 9.46. The summed E-state index contributed by atoms with van der Waals surface area (Å²) in [4.78, 5) is 0. The quantitative estimate of drug-likeness (QED) is 0.566. The van der Waals surface area contributed by atoms with Gasteiger partial charge in [-0.15, -0.1) is 0 Å². The highest BCUT2D eigenvalue weighted by molar-refractivity contribution is 7.08. The first-order chi connectivity index (χ1) is 6.88. The fourth-order valence-corrected chi connectivity index (χ4v) is 2.78. The number of rotatable bonds is 7. The van der Waals surface area contributed by atoms with Crippen LogP contribution in [-0.4, -0.2) is 0 Å². The Morgan fingerprint density at radius 1 is 0.929 bits per heavy atom. The smallest absolute Gasteiger partial charge is 0.00584 e. The summed E-state index contributed by atoms with van der Waals surface area (Å²) >= 11 is 1.86. The van der Waals surface area contributed by atoms with E-state index >= 15 is 0 Å². The van der Waals surface area contributed by atoms with Crippen molar-refractivity contribution in [2.24, 2.45) is 0 Å². The molecule has 0 unspecified atom stereocenters. The summed E-state index contributed by atoms with van der Waals surface area (Å²) in [6, 6.07) is 0. The van der Waals surface area contributed by atoms with Crippen LogP contribution in [0, 0.1) is 0 Å². The van der Waals surface area contributed by atoms with Gasteiger partial charge >= 0.3 is 0 Å². The highest BCUT2D eigenvalue weighted by Crippen LogP contribution is 2.18. The zero-order valence-electron chi connectivity index (χ0n) is 9.51. The molecule has 0 radical (unpaired) electrons. The van der Waals surface area contributed by atoms with Crippen LogP contribution in [0.15, 0.2) is 10.8 Å². The second kappa shape index (κ2) is 7.05. The second-order valence-electron chi connectivity index (χ2n) is 3.94. The van der Waals surface area contributed by atoms with Gasteiger partial charge in [0.2, 0.25) is 0 Å². The lowest BCUT2D eigenvalue weighted by molar-refractivity contribution is 0.631. The Hall–Kier alpha value is -0.300. The molecule has 0 aliphatic carbocycles. The average Bonchev–Trinajstić information content (AvgIpc) is 2.65. The molecule has 1 aromatic rings. The number of thiophene rings is 1. The molecule has 14 heavy (non-hydrogen) atoms. The van der Waals surface area contributed by atoms with Crippen LogP contribution in [0.25, 0.3) is 0 Å². The van der Waals surface area contributed by atoms with E-state index in [0.29, 0.717) is 0 Å². The molecule has 0 saturated heterocycles. The van der Waals surface area contributed by atoms with Gasteiger partial charge in [-0.3, -0.25) is 0 Å². The Balaban J connectivity index is 2.17. The summed E-state index contributed by atoms with van der Waals surface area (Å²) in [5.41, 5.74) is 3.18. The first-order valence-electron chi connectivity index (χ1n) is 5.92. The molecule has 0 saturated carbocycles. The molecule has 0 fully saturated rings. The van der Waals surface area contributed by atoms with Gasteiger partial charge in [0.15, 0.2) is 0 Å². The molecule has 0 aliphatic rings. The summed E-state index contributed by atoms with van der Waals surface area (Å²) in [5, 5.41) is 4.64. The van der Waals surface area contributed by atoms with Gasteiger partial charge in [0.25, 0.3) is 0 Å². The first kappa shape index (κ1) is 11.8. The van der Waals surface area contributed by atoms with Crippen LogP contribution in [-0.2, 0) is 12.8 Å². The Kier molecular flexibility index (Phi) is 5.93. The van der Waals surface area contributed by atoms with Gasteiger partial charge in [-0.05, 0) is 41.1 Å². The van der Waals surface area contributed by atoms with Gasteiger partial charge in [0.1, 0.15) is 0 Å². The number of hydrogen-bond donors (Lipinski definition) is 0. The summed E-state index contributed by atoms with van der Waals surface area (Å²) < 4.78 is 0. The topological polar surface area (TPSA) is 0 Å². The fraction of sp³-hybridized carbons (Fsp3) is 0.692. The summed E-state index contributed by atoms with van der Waals surface area (Å²) in [5.74, 6) is 0. The van der Waals surface area contributed by atoms with Crippen LogP contribution < -0.4 is 0 Å². The van der Waals surface area contributed by atoms with Gasteiger partial charge in [-0.25, -0.2) is 0 Å². The van der Waals surface area contributed by atoms with Crippen molar-refractivity contribution in [1.29, 1.82) is 0 Å². The maximum Gasteiger partial charge on any atom is -0.00584 e. The predicted octanol–water partition coefficient (Wildman–Crippen LogP) is 4.82. The van der Waals surface area contributed by atoms with Crippen LogP contribution in [0.4, 0.5) is 0 Å². The Labute approximate surface area is 92.4 Å². The van der Waals surface area contributed by atoms with E-state index in [2.05, 4.69) is 24.6 Å². The molecule has 0 bridgehead atoms. The van der Waals surface area contributed by atoms with E-state index in [1.165, 1.54) is 44.9 Å². The molecular weight excluding hydrogens is 188 g/mol. The number of aryl methyl sites for hydroxylation is 2. The van der Waals surface area contributed by atoms with E-state index in [9.17, 15) is 0 Å². The highest BCUT2D eigenvalue weighted by Gasteiger charge is 2.00. The molecule has 1 rings (SSSR count). The largest absolute Gasteiger partial charge is 0.152 e. The predicted molar refractivity (Wildman–Crippen MR) is 66.2 cm³/mol. The molecule has 0 atom stereocenters. The van der Waals surface area contributed by atoms with Gasteiger partial charge in [0.05, 0.1) is 0 Å². The van der Waals surface area contributed by atoms with Crippen molar-refractivity contribution in [3.05, 3.63) is 21.9 Å². The summed E-state index contributed by atoms with van der Waals surface area (Å²) in [7, 11) is 0. The molecule has 1 aromatic heterocycles. The Morgan fingerprint density at radius 3 is 2.36 bits per heavy atom. The fourth-order valence-electron chi connectivity index (χ4n) is 1.80. The van der Waals surface area contributed by atoms with Crippen molar-refractivity contribution in [2.45, 2.75) is 58.8 Å². The van der Waals surface area contributed by atoms with E-state index in [1.807, 2.05) is 11.3 Å². The molecule has 0 aliphatic heterocycles. The van der Waals surface area contributed by atoms with Crippen LogP contribution in [0.1, 0.15) is 57.1 Å². The van der Waals surface area contributed by atoms with Crippen LogP contribution in [0.5, 0.6) is 0 Å². The minimum Gasteiger partial charge on any atom is -0.152 e. The van der Waals surface area contributed by atoms with Crippen molar-refractivity contribution in [3.63, 3.8) is 0 Å². The van der Waals surface area contributed by atoms with Crippen molar-refractivity contribution in [2.75, 3.05) is 0 Å². The monoisotopic (exact) mass is 210 g/mol. The van der Waals surface area contributed by atoms with Gasteiger partial charge in [0, 0.05) is 0 Å². The molecule has 0 N–H and O–H groups in total. The normalized spacial score (nSPS) is 10.7. The van der Waals surface area contributed by atoms with Crippen LogP contribution in [0.2, 0.25) is 0 Å². The third kappa shape index (κ3) is 3.83. The minimum atomic E-state index is 1.20. The summed E-state index contributed by atoms with van der Waals surface area (Å²) in [6.45, 7) is 4.52. The Morgan fingerprint density at radius 2 is 1.64 bits per heavy atom. The van der Waals surface area contributed by atoms with Gasteiger partial charge < -0.3 is 0 Å². The van der Waals surface area contributed by atoms with Gasteiger partial charge in [-0.2, -0.15) is 11.3 Å². The third-order valence-corrected chi connectivity index (χ3v) is 3.60. The molecule has 1 heterocycles. The standard InChI is InChI=1S/C13H22S/c1-3-5-6-7-8-9-13-11-14-10-12(13)4-2/h10-11H,3-9H2,1-2H3. The van der Waals surface area contributed by atoms with Crippen molar-refractivity contribution < 1.29 is 0 Å². The maximum atomic E-state index is 2.33. The van der Waals surface area contributed by atoms with Crippen molar-refractivity contribution in [3.8, 4) is 0 Å². The lowest BCUT2D eigenvalue weighted by Crippen LogP contribution is -1.88. The second-order valence-corrected chi connectivity index (χ2v) is 4.68. The SMILES string of the molecule is CCCCCCCc1cscc1CC. The van der Waals surface area contributed by atoms with Gasteiger partial charge in [-0.1, -0.05) is 39.5 Å². The average molecular weight is 210 g/mol. The maximum absolute atomic E-state index is 2.33. The van der Waals surface area contributed by atoms with E-state index < -0.39 is 0 Å². The Bertz CT molecular complexity index is 237. The lowest BCUT2D eigenvalue weighted by atomic mass is 10.0. The molecule has 0 aromatic carbocycles. The molecule has 0 nitrogen and oxygen atoms in total. The molecule has 0 spiro atoms. The van der Waals surface area contributed by atoms with E-state index in [0.717, 1.165) is 0 Å². The zero-order valence-corrected chi connectivity index (χ0v) is 10.3. The number of hydrogen-bond acceptors (Lipinski definition) is 1. The van der Waals surface area contributed by atoms with E-state index in [4.69, 9.17) is 0 Å². The van der Waals surface area contributed by atoms with Crippen LogP contribution in [0.3, 0.4) is 0 Å². The van der Waals surface area contributed by atoms with E-state index in [1.54, 1.807) is 11.1 Å².